The number of rotatable bonds is 4. The Morgan fingerprint density at radius 1 is 1.15 bits per heavy atom. The lowest BCUT2D eigenvalue weighted by atomic mass is 10.2. The SMILES string of the molecule is Cn1ccc(NC(=O)N2CCN(Cc3csc(-c4ccccc4)n3)CC2)n1. The molecule has 3 aromatic rings. The molecule has 3 heterocycles. The molecule has 4 rings (SSSR count). The molecule has 0 atom stereocenters. The van der Waals surface area contributed by atoms with Crippen LogP contribution < -0.4 is 5.32 Å². The van der Waals surface area contributed by atoms with Crippen LogP contribution in [0.3, 0.4) is 0 Å². The number of piperazine rings is 1. The van der Waals surface area contributed by atoms with Crippen molar-refractivity contribution < 1.29 is 4.79 Å². The molecule has 1 aliphatic rings. The van der Waals surface area contributed by atoms with E-state index in [4.69, 9.17) is 4.98 Å². The van der Waals surface area contributed by atoms with E-state index in [0.717, 1.165) is 35.9 Å². The molecule has 2 aromatic heterocycles. The predicted octanol–water partition coefficient (Wildman–Crippen LogP) is 2.89. The van der Waals surface area contributed by atoms with Gasteiger partial charge in [-0.1, -0.05) is 30.3 Å². The Morgan fingerprint density at radius 3 is 2.63 bits per heavy atom. The van der Waals surface area contributed by atoms with Crippen molar-refractivity contribution in [3.63, 3.8) is 0 Å². The lowest BCUT2D eigenvalue weighted by molar-refractivity contribution is 0.142. The van der Waals surface area contributed by atoms with E-state index in [0.29, 0.717) is 18.9 Å². The number of amides is 2. The maximum atomic E-state index is 12.3. The number of aryl methyl sites for hydroxylation is 1. The van der Waals surface area contributed by atoms with Crippen molar-refractivity contribution in [1.82, 2.24) is 24.6 Å². The maximum absolute atomic E-state index is 12.3. The van der Waals surface area contributed by atoms with E-state index in [-0.39, 0.29) is 6.03 Å². The minimum absolute atomic E-state index is 0.0895. The van der Waals surface area contributed by atoms with Crippen molar-refractivity contribution in [2.45, 2.75) is 6.54 Å². The monoisotopic (exact) mass is 382 g/mol. The smallest absolute Gasteiger partial charge is 0.322 e. The van der Waals surface area contributed by atoms with Crippen molar-refractivity contribution in [2.24, 2.45) is 7.05 Å². The van der Waals surface area contributed by atoms with Crippen molar-refractivity contribution in [2.75, 3.05) is 31.5 Å². The van der Waals surface area contributed by atoms with Crippen LogP contribution in [0, 0.1) is 0 Å². The first-order chi connectivity index (χ1) is 13.2. The number of hydrogen-bond acceptors (Lipinski definition) is 5. The maximum Gasteiger partial charge on any atom is 0.323 e. The summed E-state index contributed by atoms with van der Waals surface area (Å²) in [5.74, 6) is 0.584. The van der Waals surface area contributed by atoms with E-state index in [9.17, 15) is 4.79 Å². The second-order valence-electron chi connectivity index (χ2n) is 6.58. The van der Waals surface area contributed by atoms with Crippen molar-refractivity contribution in [1.29, 1.82) is 0 Å². The largest absolute Gasteiger partial charge is 0.323 e. The molecule has 0 bridgehead atoms. The molecule has 1 fully saturated rings. The third kappa shape index (κ3) is 4.35. The van der Waals surface area contributed by atoms with Crippen LogP contribution in [0.2, 0.25) is 0 Å². The number of anilines is 1. The van der Waals surface area contributed by atoms with Gasteiger partial charge in [0.05, 0.1) is 5.69 Å². The van der Waals surface area contributed by atoms with E-state index in [2.05, 4.69) is 32.8 Å². The van der Waals surface area contributed by atoms with Gasteiger partial charge in [-0.15, -0.1) is 11.3 Å². The standard InChI is InChI=1S/C19H22N6OS/c1-23-8-7-17(22-23)21-19(26)25-11-9-24(10-12-25)13-16-14-27-18(20-16)15-5-3-2-4-6-15/h2-8,14H,9-13H2,1H3,(H,21,22,26). The molecule has 7 nitrogen and oxygen atoms in total. The number of carbonyl (C=O) groups is 1. The fourth-order valence-electron chi connectivity index (χ4n) is 3.10. The zero-order chi connectivity index (χ0) is 18.6. The molecule has 0 saturated carbocycles. The van der Waals surface area contributed by atoms with Crippen molar-refractivity contribution in [3.05, 3.63) is 53.7 Å². The van der Waals surface area contributed by atoms with Crippen LogP contribution in [0.1, 0.15) is 5.69 Å². The lowest BCUT2D eigenvalue weighted by Crippen LogP contribution is -2.49. The van der Waals surface area contributed by atoms with E-state index >= 15 is 0 Å². The number of thiazole rings is 1. The highest BCUT2D eigenvalue weighted by Crippen LogP contribution is 2.24. The Hall–Kier alpha value is -2.71. The molecule has 0 spiro atoms. The highest BCUT2D eigenvalue weighted by atomic mass is 32.1. The Labute approximate surface area is 162 Å². The zero-order valence-electron chi connectivity index (χ0n) is 15.2. The molecular formula is C19H22N6OS. The van der Waals surface area contributed by atoms with E-state index < -0.39 is 0 Å². The van der Waals surface area contributed by atoms with Crippen LogP contribution in [-0.4, -0.2) is 56.8 Å². The van der Waals surface area contributed by atoms with Gasteiger partial charge in [0.25, 0.3) is 0 Å². The molecule has 140 valence electrons. The molecule has 1 aliphatic heterocycles. The number of benzene rings is 1. The van der Waals surface area contributed by atoms with E-state index in [1.54, 1.807) is 22.1 Å². The first-order valence-corrected chi connectivity index (χ1v) is 9.83. The average Bonchev–Trinajstić information content (AvgIpc) is 3.32. The number of nitrogens with zero attached hydrogens (tertiary/aromatic N) is 5. The van der Waals surface area contributed by atoms with Crippen molar-refractivity contribution in [3.8, 4) is 10.6 Å². The van der Waals surface area contributed by atoms with Gasteiger partial charge in [-0.2, -0.15) is 5.10 Å². The quantitative estimate of drug-likeness (QED) is 0.753. The molecule has 8 heteroatoms. The lowest BCUT2D eigenvalue weighted by Gasteiger charge is -2.34. The first-order valence-electron chi connectivity index (χ1n) is 8.95. The van der Waals surface area contributed by atoms with Gasteiger partial charge in [0.2, 0.25) is 0 Å². The summed E-state index contributed by atoms with van der Waals surface area (Å²) < 4.78 is 1.67. The molecule has 1 aromatic carbocycles. The Balaban J connectivity index is 1.28. The summed E-state index contributed by atoms with van der Waals surface area (Å²) in [5.41, 5.74) is 2.25. The summed E-state index contributed by atoms with van der Waals surface area (Å²) in [6.07, 6.45) is 1.81. The molecule has 2 amide bonds. The van der Waals surface area contributed by atoms with Crippen LogP contribution in [-0.2, 0) is 13.6 Å². The fraction of sp³-hybridized carbons (Fsp3) is 0.316. The molecular weight excluding hydrogens is 360 g/mol. The second kappa shape index (κ2) is 7.89. The summed E-state index contributed by atoms with van der Waals surface area (Å²) >= 11 is 1.68. The summed E-state index contributed by atoms with van der Waals surface area (Å²) in [7, 11) is 1.83. The minimum Gasteiger partial charge on any atom is -0.322 e. The molecule has 0 radical (unpaired) electrons. The highest BCUT2D eigenvalue weighted by molar-refractivity contribution is 7.13. The van der Waals surface area contributed by atoms with Gasteiger partial charge < -0.3 is 4.90 Å². The summed E-state index contributed by atoms with van der Waals surface area (Å²) in [6.45, 7) is 3.91. The fourth-order valence-corrected chi connectivity index (χ4v) is 3.92. The summed E-state index contributed by atoms with van der Waals surface area (Å²) in [5, 5.41) is 10.2. The highest BCUT2D eigenvalue weighted by Gasteiger charge is 2.22. The number of nitrogens with one attached hydrogen (secondary N) is 1. The van der Waals surface area contributed by atoms with Gasteiger partial charge in [0, 0.05) is 63.0 Å². The minimum atomic E-state index is -0.0895. The van der Waals surface area contributed by atoms with Crippen molar-refractivity contribution >= 4 is 23.2 Å². The normalized spacial score (nSPS) is 15.1. The molecule has 27 heavy (non-hydrogen) atoms. The van der Waals surface area contributed by atoms with Crippen LogP contribution >= 0.6 is 11.3 Å². The number of carbonyl (C=O) groups excluding carboxylic acids is 1. The number of urea groups is 1. The van der Waals surface area contributed by atoms with Gasteiger partial charge in [0.1, 0.15) is 5.01 Å². The van der Waals surface area contributed by atoms with E-state index in [1.165, 1.54) is 0 Å². The molecule has 0 unspecified atom stereocenters. The van der Waals surface area contributed by atoms with Crippen LogP contribution in [0.5, 0.6) is 0 Å². The van der Waals surface area contributed by atoms with Gasteiger partial charge in [-0.05, 0) is 0 Å². The van der Waals surface area contributed by atoms with Crippen LogP contribution in [0.4, 0.5) is 10.6 Å². The van der Waals surface area contributed by atoms with Gasteiger partial charge in [-0.3, -0.25) is 14.9 Å². The molecule has 1 N–H and O–H groups in total. The Kier molecular flexibility index (Phi) is 5.17. The summed E-state index contributed by atoms with van der Waals surface area (Å²) in [6, 6.07) is 12.0. The van der Waals surface area contributed by atoms with Gasteiger partial charge >= 0.3 is 6.03 Å². The Morgan fingerprint density at radius 2 is 1.93 bits per heavy atom. The zero-order valence-corrected chi connectivity index (χ0v) is 16.0. The van der Waals surface area contributed by atoms with Gasteiger partial charge in [-0.25, -0.2) is 9.78 Å². The summed E-state index contributed by atoms with van der Waals surface area (Å²) in [4.78, 5) is 21.3. The van der Waals surface area contributed by atoms with Crippen LogP contribution in [0.25, 0.3) is 10.6 Å². The number of aromatic nitrogens is 3. The average molecular weight is 382 g/mol. The third-order valence-corrected chi connectivity index (χ3v) is 5.51. The first kappa shape index (κ1) is 17.7. The third-order valence-electron chi connectivity index (χ3n) is 4.57. The Bertz CT molecular complexity index is 898. The predicted molar refractivity (Wildman–Crippen MR) is 107 cm³/mol. The van der Waals surface area contributed by atoms with Crippen LogP contribution in [0.15, 0.2) is 48.0 Å². The van der Waals surface area contributed by atoms with Gasteiger partial charge in [0.15, 0.2) is 5.82 Å². The molecule has 1 saturated heterocycles. The topological polar surface area (TPSA) is 66.3 Å². The molecule has 0 aliphatic carbocycles. The second-order valence-corrected chi connectivity index (χ2v) is 7.44. The van der Waals surface area contributed by atoms with E-state index in [1.807, 2.05) is 36.3 Å². The number of hydrogen-bond donors (Lipinski definition) is 1.